The van der Waals surface area contributed by atoms with E-state index in [4.69, 9.17) is 0 Å². The van der Waals surface area contributed by atoms with Gasteiger partial charge in [-0.05, 0) is 24.3 Å². The molecule has 0 aliphatic carbocycles. The average molecular weight is 266 g/mol. The number of carbonyl (C=O) groups is 1. The second-order valence-electron chi connectivity index (χ2n) is 3.62. The first-order valence-electron chi connectivity index (χ1n) is 5.16. The van der Waals surface area contributed by atoms with E-state index in [1.807, 2.05) is 0 Å². The minimum atomic E-state index is -1.05. The topological polar surface area (TPSA) is 72.0 Å². The Labute approximate surface area is 105 Å². The lowest BCUT2D eigenvalue weighted by atomic mass is 10.1. The van der Waals surface area contributed by atoms with E-state index in [0.717, 1.165) is 25.3 Å². The van der Waals surface area contributed by atoms with Crippen LogP contribution in [0.25, 0.3) is 11.3 Å². The number of hydrogen-bond donors (Lipinski definition) is 1. The minimum Gasteiger partial charge on any atom is -0.465 e. The number of rotatable bonds is 2. The summed E-state index contributed by atoms with van der Waals surface area (Å²) in [6.45, 7) is 0. The molecule has 98 valence electrons. The summed E-state index contributed by atoms with van der Waals surface area (Å²) in [6.07, 6.45) is 0. The van der Waals surface area contributed by atoms with Crippen LogP contribution in [0.1, 0.15) is 10.4 Å². The van der Waals surface area contributed by atoms with Gasteiger partial charge in [0, 0.05) is 5.56 Å². The van der Waals surface area contributed by atoms with E-state index in [-0.39, 0.29) is 16.8 Å². The van der Waals surface area contributed by atoms with Crippen LogP contribution < -0.4 is 5.56 Å². The number of nitrogens with one attached hydrogen (secondary N) is 1. The molecule has 1 aromatic carbocycles. The van der Waals surface area contributed by atoms with Crippen molar-refractivity contribution in [3.63, 3.8) is 0 Å². The second kappa shape index (κ2) is 4.97. The van der Waals surface area contributed by atoms with Crippen molar-refractivity contribution in [2.45, 2.75) is 0 Å². The van der Waals surface area contributed by atoms with Gasteiger partial charge in [0.25, 0.3) is 5.56 Å². The van der Waals surface area contributed by atoms with Crippen molar-refractivity contribution in [2.24, 2.45) is 0 Å². The molecule has 0 amide bonds. The molecule has 1 N–H and O–H groups in total. The highest BCUT2D eigenvalue weighted by atomic mass is 19.2. The van der Waals surface area contributed by atoms with Gasteiger partial charge in [0.1, 0.15) is 5.56 Å². The highest BCUT2D eigenvalue weighted by molar-refractivity contribution is 5.89. The number of methoxy groups -OCH3 is 1. The van der Waals surface area contributed by atoms with Crippen molar-refractivity contribution in [3.05, 3.63) is 51.8 Å². The fourth-order valence-corrected chi connectivity index (χ4v) is 1.47. The number of nitrogens with zero attached hydrogens (tertiary/aromatic N) is 1. The highest BCUT2D eigenvalue weighted by Crippen LogP contribution is 2.19. The summed E-state index contributed by atoms with van der Waals surface area (Å²) in [5.41, 5.74) is -0.644. The van der Waals surface area contributed by atoms with Gasteiger partial charge in [-0.15, -0.1) is 0 Å². The smallest absolute Gasteiger partial charge is 0.343 e. The van der Waals surface area contributed by atoms with Crippen LogP contribution in [0, 0.1) is 11.6 Å². The fourth-order valence-electron chi connectivity index (χ4n) is 1.47. The third-order valence-electron chi connectivity index (χ3n) is 2.42. The van der Waals surface area contributed by atoms with E-state index >= 15 is 0 Å². The van der Waals surface area contributed by atoms with Crippen LogP contribution in [-0.2, 0) is 4.74 Å². The van der Waals surface area contributed by atoms with Crippen molar-refractivity contribution in [1.82, 2.24) is 10.2 Å². The van der Waals surface area contributed by atoms with Crippen molar-refractivity contribution >= 4 is 5.97 Å². The molecule has 0 atom stereocenters. The van der Waals surface area contributed by atoms with Crippen molar-refractivity contribution in [1.29, 1.82) is 0 Å². The van der Waals surface area contributed by atoms with Gasteiger partial charge in [0.05, 0.1) is 12.8 Å². The number of hydrogen-bond acceptors (Lipinski definition) is 4. The monoisotopic (exact) mass is 266 g/mol. The standard InChI is InChI=1S/C12H8F2N2O3/c1-19-12(18)7-5-10(15-16-11(7)17)6-2-3-8(13)9(14)4-6/h2-5H,1H3,(H,16,17). The summed E-state index contributed by atoms with van der Waals surface area (Å²) in [7, 11) is 1.12. The number of carbonyl (C=O) groups excluding carboxylic acids is 1. The van der Waals surface area contributed by atoms with Gasteiger partial charge in [-0.3, -0.25) is 4.79 Å². The SMILES string of the molecule is COC(=O)c1cc(-c2ccc(F)c(F)c2)n[nH]c1=O. The third kappa shape index (κ3) is 2.49. The normalized spacial score (nSPS) is 10.3. The lowest BCUT2D eigenvalue weighted by molar-refractivity contribution is 0.0598. The fraction of sp³-hybridized carbons (Fsp3) is 0.0833. The molecule has 0 saturated carbocycles. The molecule has 0 saturated heterocycles. The van der Waals surface area contributed by atoms with Crippen LogP contribution in [0.5, 0.6) is 0 Å². The Hall–Kier alpha value is -2.57. The Kier molecular flexibility index (Phi) is 3.37. The molecule has 0 aliphatic heterocycles. The molecule has 5 nitrogen and oxygen atoms in total. The summed E-state index contributed by atoms with van der Waals surface area (Å²) >= 11 is 0. The maximum absolute atomic E-state index is 13.1. The summed E-state index contributed by atoms with van der Waals surface area (Å²) < 4.78 is 30.3. The highest BCUT2D eigenvalue weighted by Gasteiger charge is 2.14. The summed E-state index contributed by atoms with van der Waals surface area (Å²) in [6, 6.07) is 4.27. The molecule has 2 aromatic rings. The predicted molar refractivity (Wildman–Crippen MR) is 61.5 cm³/mol. The molecule has 19 heavy (non-hydrogen) atoms. The van der Waals surface area contributed by atoms with Crippen molar-refractivity contribution in [3.8, 4) is 11.3 Å². The van der Waals surface area contributed by atoms with Gasteiger partial charge >= 0.3 is 5.97 Å². The number of benzene rings is 1. The average Bonchev–Trinajstić information content (AvgIpc) is 2.41. The third-order valence-corrected chi connectivity index (χ3v) is 2.42. The van der Waals surface area contributed by atoms with Crippen LogP contribution >= 0.6 is 0 Å². The molecule has 7 heteroatoms. The van der Waals surface area contributed by atoms with Crippen molar-refractivity contribution in [2.75, 3.05) is 7.11 Å². The van der Waals surface area contributed by atoms with Gasteiger partial charge in [-0.25, -0.2) is 18.7 Å². The molecule has 0 radical (unpaired) electrons. The molecule has 2 rings (SSSR count). The molecule has 0 fully saturated rings. The number of esters is 1. The molecule has 0 aliphatic rings. The molecule has 0 unspecified atom stereocenters. The largest absolute Gasteiger partial charge is 0.465 e. The number of ether oxygens (including phenoxy) is 1. The van der Waals surface area contributed by atoms with Gasteiger partial charge in [0.15, 0.2) is 11.6 Å². The Morgan fingerprint density at radius 2 is 2.00 bits per heavy atom. The number of aromatic amines is 1. The quantitative estimate of drug-likeness (QED) is 0.836. The van der Waals surface area contributed by atoms with Crippen LogP contribution in [0.3, 0.4) is 0 Å². The van der Waals surface area contributed by atoms with Crippen LogP contribution in [0.4, 0.5) is 8.78 Å². The van der Waals surface area contributed by atoms with E-state index in [2.05, 4.69) is 14.9 Å². The first kappa shape index (κ1) is 12.9. The summed E-state index contributed by atoms with van der Waals surface area (Å²) in [5, 5.41) is 5.76. The zero-order valence-corrected chi connectivity index (χ0v) is 9.74. The first-order chi connectivity index (χ1) is 9.02. The predicted octanol–water partition coefficient (Wildman–Crippen LogP) is 1.50. The van der Waals surface area contributed by atoms with Gasteiger partial charge in [0.2, 0.25) is 0 Å². The van der Waals surface area contributed by atoms with Gasteiger partial charge < -0.3 is 4.74 Å². The lowest BCUT2D eigenvalue weighted by Gasteiger charge is -2.03. The van der Waals surface area contributed by atoms with E-state index in [0.29, 0.717) is 0 Å². The Morgan fingerprint density at radius 1 is 1.26 bits per heavy atom. The number of halogens is 2. The van der Waals surface area contributed by atoms with Crippen LogP contribution in [-0.4, -0.2) is 23.3 Å². The molecule has 0 bridgehead atoms. The maximum Gasteiger partial charge on any atom is 0.343 e. The molecule has 0 spiro atoms. The van der Waals surface area contributed by atoms with Crippen LogP contribution in [0.2, 0.25) is 0 Å². The molecule has 1 aromatic heterocycles. The van der Waals surface area contributed by atoms with Gasteiger partial charge in [-0.2, -0.15) is 5.10 Å². The Balaban J connectivity index is 2.54. The Morgan fingerprint density at radius 3 is 2.63 bits per heavy atom. The van der Waals surface area contributed by atoms with Crippen molar-refractivity contribution < 1.29 is 18.3 Å². The van der Waals surface area contributed by atoms with E-state index in [1.165, 1.54) is 6.07 Å². The first-order valence-corrected chi connectivity index (χ1v) is 5.16. The zero-order chi connectivity index (χ0) is 14.0. The van der Waals surface area contributed by atoms with E-state index < -0.39 is 23.2 Å². The lowest BCUT2D eigenvalue weighted by Crippen LogP contribution is -2.20. The molecule has 1 heterocycles. The van der Waals surface area contributed by atoms with Crippen LogP contribution in [0.15, 0.2) is 29.1 Å². The summed E-state index contributed by atoms with van der Waals surface area (Å²) in [5.74, 6) is -2.89. The second-order valence-corrected chi connectivity index (χ2v) is 3.62. The minimum absolute atomic E-state index is 0.124. The van der Waals surface area contributed by atoms with Gasteiger partial charge in [-0.1, -0.05) is 0 Å². The summed E-state index contributed by atoms with van der Waals surface area (Å²) in [4.78, 5) is 22.7. The van der Waals surface area contributed by atoms with E-state index in [9.17, 15) is 18.4 Å². The number of aromatic nitrogens is 2. The molecular weight excluding hydrogens is 258 g/mol. The Bertz CT molecular complexity index is 698. The zero-order valence-electron chi connectivity index (χ0n) is 9.74. The maximum atomic E-state index is 13.1. The van der Waals surface area contributed by atoms with E-state index in [1.54, 1.807) is 0 Å². The number of H-pyrrole nitrogens is 1. The molecular formula is C12H8F2N2O3.